The molecule has 0 aromatic carbocycles. The number of nitrogens with one attached hydrogen (secondary N) is 1. The number of rotatable bonds is 3. The van der Waals surface area contributed by atoms with Gasteiger partial charge < -0.3 is 10.4 Å². The first-order valence-corrected chi connectivity index (χ1v) is 7.65. The van der Waals surface area contributed by atoms with E-state index in [0.717, 1.165) is 32.2 Å². The van der Waals surface area contributed by atoms with E-state index in [9.17, 15) is 5.11 Å². The third kappa shape index (κ3) is 2.72. The molecule has 1 saturated carbocycles. The Kier molecular flexibility index (Phi) is 3.50. The molecule has 3 heteroatoms. The van der Waals surface area contributed by atoms with E-state index in [1.54, 1.807) is 10.4 Å². The van der Waals surface area contributed by atoms with Crippen molar-refractivity contribution in [2.75, 3.05) is 0 Å². The van der Waals surface area contributed by atoms with Gasteiger partial charge in [0.05, 0.1) is 6.10 Å². The number of aliphatic hydroxyl groups is 1. The molecule has 1 aromatic heterocycles. The Hall–Kier alpha value is -0.380. The number of fused-ring (bicyclic) bond motifs is 1. The summed E-state index contributed by atoms with van der Waals surface area (Å²) < 4.78 is 0. The molecule has 1 fully saturated rings. The summed E-state index contributed by atoms with van der Waals surface area (Å²) in [5, 5.41) is 13.1. The Bertz CT molecular complexity index is 358. The van der Waals surface area contributed by atoms with Crippen LogP contribution in [0.4, 0.5) is 0 Å². The fraction of sp³-hybridized carbons (Fsp3) is 0.714. The van der Waals surface area contributed by atoms with Gasteiger partial charge in [-0.15, -0.1) is 11.3 Å². The first-order chi connectivity index (χ1) is 8.31. The van der Waals surface area contributed by atoms with Gasteiger partial charge in [-0.1, -0.05) is 0 Å². The van der Waals surface area contributed by atoms with Crippen LogP contribution in [0, 0.1) is 0 Å². The third-order valence-corrected chi connectivity index (χ3v) is 5.30. The molecule has 0 unspecified atom stereocenters. The molecule has 0 amide bonds. The quantitative estimate of drug-likeness (QED) is 0.865. The molecule has 0 bridgehead atoms. The Labute approximate surface area is 107 Å². The van der Waals surface area contributed by atoms with Crippen LogP contribution in [0.15, 0.2) is 6.07 Å². The van der Waals surface area contributed by atoms with E-state index in [1.807, 2.05) is 11.3 Å². The standard InChI is InChI=1S/C14H21NOS/c16-12-6-4-11(5-7-12)15-9-13-8-10-2-1-3-14(10)17-13/h8,11-12,15-16H,1-7,9H2. The van der Waals surface area contributed by atoms with Crippen molar-refractivity contribution in [2.24, 2.45) is 0 Å². The van der Waals surface area contributed by atoms with Gasteiger partial charge >= 0.3 is 0 Å². The average molecular weight is 251 g/mol. The second kappa shape index (κ2) is 5.09. The topological polar surface area (TPSA) is 32.3 Å². The molecule has 1 heterocycles. The molecular formula is C14H21NOS. The average Bonchev–Trinajstić information content (AvgIpc) is 2.88. The van der Waals surface area contributed by atoms with Gasteiger partial charge in [0.15, 0.2) is 0 Å². The molecule has 2 nitrogen and oxygen atoms in total. The predicted molar refractivity (Wildman–Crippen MR) is 71.4 cm³/mol. The van der Waals surface area contributed by atoms with Crippen molar-refractivity contribution in [1.29, 1.82) is 0 Å². The normalized spacial score (nSPS) is 28.3. The predicted octanol–water partition coefficient (Wildman–Crippen LogP) is 2.63. The minimum absolute atomic E-state index is 0.0430. The SMILES string of the molecule is OC1CCC(NCc2cc3c(s2)CCC3)CC1. The van der Waals surface area contributed by atoms with Crippen molar-refractivity contribution in [2.45, 2.75) is 63.6 Å². The molecular weight excluding hydrogens is 230 g/mol. The van der Waals surface area contributed by atoms with Crippen molar-refractivity contribution < 1.29 is 5.11 Å². The van der Waals surface area contributed by atoms with Gasteiger partial charge in [-0.2, -0.15) is 0 Å². The fourth-order valence-electron chi connectivity index (χ4n) is 3.00. The largest absolute Gasteiger partial charge is 0.393 e. The van der Waals surface area contributed by atoms with Gasteiger partial charge in [-0.25, -0.2) is 0 Å². The van der Waals surface area contributed by atoms with Crippen molar-refractivity contribution in [3.05, 3.63) is 21.4 Å². The van der Waals surface area contributed by atoms with Crippen LogP contribution < -0.4 is 5.32 Å². The van der Waals surface area contributed by atoms with Gasteiger partial charge in [0.25, 0.3) is 0 Å². The van der Waals surface area contributed by atoms with Crippen LogP contribution in [0.2, 0.25) is 0 Å². The summed E-state index contributed by atoms with van der Waals surface area (Å²) in [7, 11) is 0. The second-order valence-corrected chi connectivity index (χ2v) is 6.62. The summed E-state index contributed by atoms with van der Waals surface area (Å²) in [5.74, 6) is 0. The van der Waals surface area contributed by atoms with E-state index < -0.39 is 0 Å². The van der Waals surface area contributed by atoms with E-state index in [-0.39, 0.29) is 6.10 Å². The monoisotopic (exact) mass is 251 g/mol. The lowest BCUT2D eigenvalue weighted by molar-refractivity contribution is 0.116. The molecule has 0 radical (unpaired) electrons. The summed E-state index contributed by atoms with van der Waals surface area (Å²) in [6.45, 7) is 1.03. The van der Waals surface area contributed by atoms with Crippen LogP contribution in [-0.2, 0) is 19.4 Å². The molecule has 0 spiro atoms. The number of thiophene rings is 1. The van der Waals surface area contributed by atoms with Crippen LogP contribution in [0.5, 0.6) is 0 Å². The highest BCUT2D eigenvalue weighted by Gasteiger charge is 2.19. The molecule has 2 N–H and O–H groups in total. The highest BCUT2D eigenvalue weighted by Crippen LogP contribution is 2.30. The first-order valence-electron chi connectivity index (χ1n) is 6.83. The number of hydrogen-bond donors (Lipinski definition) is 2. The van der Waals surface area contributed by atoms with Crippen molar-refractivity contribution >= 4 is 11.3 Å². The van der Waals surface area contributed by atoms with E-state index in [0.29, 0.717) is 6.04 Å². The van der Waals surface area contributed by atoms with Crippen LogP contribution >= 0.6 is 11.3 Å². The molecule has 2 aliphatic rings. The summed E-state index contributed by atoms with van der Waals surface area (Å²) in [5.41, 5.74) is 1.60. The number of hydrogen-bond acceptors (Lipinski definition) is 3. The van der Waals surface area contributed by atoms with Crippen molar-refractivity contribution in [3.63, 3.8) is 0 Å². The number of aryl methyl sites for hydroxylation is 2. The maximum atomic E-state index is 9.47. The van der Waals surface area contributed by atoms with Crippen molar-refractivity contribution in [1.82, 2.24) is 5.32 Å². The van der Waals surface area contributed by atoms with Gasteiger partial charge in [0.2, 0.25) is 0 Å². The summed E-state index contributed by atoms with van der Waals surface area (Å²) in [4.78, 5) is 3.13. The fourth-order valence-corrected chi connectivity index (χ4v) is 4.21. The molecule has 94 valence electrons. The highest BCUT2D eigenvalue weighted by molar-refractivity contribution is 7.12. The minimum atomic E-state index is -0.0430. The van der Waals surface area contributed by atoms with Crippen LogP contribution in [0.1, 0.15) is 47.4 Å². The van der Waals surface area contributed by atoms with Gasteiger partial charge in [-0.05, 0) is 56.6 Å². The number of aliphatic hydroxyl groups excluding tert-OH is 1. The second-order valence-electron chi connectivity index (χ2n) is 5.40. The maximum absolute atomic E-state index is 9.47. The molecule has 1 aromatic rings. The third-order valence-electron chi connectivity index (χ3n) is 4.06. The Morgan fingerprint density at radius 3 is 2.82 bits per heavy atom. The lowest BCUT2D eigenvalue weighted by atomic mass is 9.93. The summed E-state index contributed by atoms with van der Waals surface area (Å²) >= 11 is 2.00. The lowest BCUT2D eigenvalue weighted by Gasteiger charge is -2.26. The zero-order valence-electron chi connectivity index (χ0n) is 10.2. The highest BCUT2D eigenvalue weighted by atomic mass is 32.1. The summed E-state index contributed by atoms with van der Waals surface area (Å²) in [6.07, 6.45) is 8.11. The van der Waals surface area contributed by atoms with E-state index in [4.69, 9.17) is 0 Å². The van der Waals surface area contributed by atoms with Gasteiger partial charge in [0.1, 0.15) is 0 Å². The molecule has 2 aliphatic carbocycles. The molecule has 3 rings (SSSR count). The van der Waals surface area contributed by atoms with E-state index in [2.05, 4.69) is 11.4 Å². The zero-order chi connectivity index (χ0) is 11.7. The zero-order valence-corrected chi connectivity index (χ0v) is 11.1. The summed E-state index contributed by atoms with van der Waals surface area (Å²) in [6, 6.07) is 3.02. The molecule has 17 heavy (non-hydrogen) atoms. The Morgan fingerprint density at radius 2 is 2.06 bits per heavy atom. The first kappa shape index (κ1) is 11.7. The van der Waals surface area contributed by atoms with E-state index in [1.165, 1.54) is 24.1 Å². The van der Waals surface area contributed by atoms with Gasteiger partial charge in [-0.3, -0.25) is 0 Å². The minimum Gasteiger partial charge on any atom is -0.393 e. The van der Waals surface area contributed by atoms with Crippen LogP contribution in [-0.4, -0.2) is 17.3 Å². The maximum Gasteiger partial charge on any atom is 0.0541 e. The van der Waals surface area contributed by atoms with Crippen LogP contribution in [0.25, 0.3) is 0 Å². The molecule has 0 atom stereocenters. The molecule has 0 aliphatic heterocycles. The van der Waals surface area contributed by atoms with E-state index >= 15 is 0 Å². The van der Waals surface area contributed by atoms with Crippen molar-refractivity contribution in [3.8, 4) is 0 Å². The smallest absolute Gasteiger partial charge is 0.0541 e. The van der Waals surface area contributed by atoms with Crippen LogP contribution in [0.3, 0.4) is 0 Å². The molecule has 0 saturated heterocycles. The van der Waals surface area contributed by atoms with Gasteiger partial charge in [0, 0.05) is 22.3 Å². The Morgan fingerprint density at radius 1 is 1.24 bits per heavy atom. The Balaban J connectivity index is 1.50. The lowest BCUT2D eigenvalue weighted by Crippen LogP contribution is -2.33.